The summed E-state index contributed by atoms with van der Waals surface area (Å²) in [6, 6.07) is 7.42. The molecule has 0 heterocycles. The van der Waals surface area contributed by atoms with Crippen LogP contribution in [-0.2, 0) is 0 Å². The third-order valence-corrected chi connectivity index (χ3v) is 3.86. The summed E-state index contributed by atoms with van der Waals surface area (Å²) in [7, 11) is 4.54. The lowest BCUT2D eigenvalue weighted by Gasteiger charge is -2.17. The molecule has 0 aliphatic rings. The Balaban J connectivity index is 2.44. The number of methoxy groups -OCH3 is 3. The van der Waals surface area contributed by atoms with Gasteiger partial charge in [0.1, 0.15) is 0 Å². The summed E-state index contributed by atoms with van der Waals surface area (Å²) in [5, 5.41) is 2.97. The van der Waals surface area contributed by atoms with Gasteiger partial charge in [0, 0.05) is 5.69 Å². The minimum atomic E-state index is -0.261. The topological polar surface area (TPSA) is 56.8 Å². The first-order chi connectivity index (χ1) is 11.4. The van der Waals surface area contributed by atoms with Gasteiger partial charge in [0.25, 0.3) is 5.91 Å². The van der Waals surface area contributed by atoms with Gasteiger partial charge in [0.2, 0.25) is 5.75 Å². The van der Waals surface area contributed by atoms with Gasteiger partial charge in [0.15, 0.2) is 11.5 Å². The summed E-state index contributed by atoms with van der Waals surface area (Å²) in [6.07, 6.45) is 0. The number of hydrogen-bond acceptors (Lipinski definition) is 4. The van der Waals surface area contributed by atoms with E-state index in [1.807, 2.05) is 32.9 Å². The van der Waals surface area contributed by atoms with Crippen molar-refractivity contribution in [3.63, 3.8) is 0 Å². The zero-order valence-corrected chi connectivity index (χ0v) is 14.9. The standard InChI is InChI=1S/C19H23NO4/c1-11-9-12(2)16(13(3)10-11)20-19(21)14-7-8-15(22-4)18(24-6)17(14)23-5/h7-10H,1-6H3,(H,20,21). The predicted octanol–water partition coefficient (Wildman–Crippen LogP) is 3.89. The maximum atomic E-state index is 12.8. The summed E-state index contributed by atoms with van der Waals surface area (Å²) in [6.45, 7) is 5.98. The summed E-state index contributed by atoms with van der Waals surface area (Å²) >= 11 is 0. The minimum Gasteiger partial charge on any atom is -0.493 e. The molecule has 0 fully saturated rings. The van der Waals surface area contributed by atoms with Crippen LogP contribution in [0, 0.1) is 20.8 Å². The highest BCUT2D eigenvalue weighted by Gasteiger charge is 2.21. The second kappa shape index (κ2) is 7.25. The Morgan fingerprint density at radius 1 is 0.875 bits per heavy atom. The molecule has 0 saturated heterocycles. The summed E-state index contributed by atoms with van der Waals surface area (Å²) < 4.78 is 16.0. The number of carbonyl (C=O) groups excluding carboxylic acids is 1. The Morgan fingerprint density at radius 3 is 1.96 bits per heavy atom. The Bertz CT molecular complexity index is 745. The van der Waals surface area contributed by atoms with Gasteiger partial charge < -0.3 is 19.5 Å². The average molecular weight is 329 g/mol. The number of benzene rings is 2. The SMILES string of the molecule is COc1ccc(C(=O)Nc2c(C)cc(C)cc2C)c(OC)c1OC. The quantitative estimate of drug-likeness (QED) is 0.904. The molecule has 0 saturated carbocycles. The number of carbonyl (C=O) groups is 1. The molecule has 0 aliphatic carbocycles. The van der Waals surface area contributed by atoms with Crippen LogP contribution in [0.4, 0.5) is 5.69 Å². The van der Waals surface area contributed by atoms with E-state index in [4.69, 9.17) is 14.2 Å². The van der Waals surface area contributed by atoms with Gasteiger partial charge in [-0.2, -0.15) is 0 Å². The maximum Gasteiger partial charge on any atom is 0.259 e. The third-order valence-electron chi connectivity index (χ3n) is 3.86. The van der Waals surface area contributed by atoms with E-state index >= 15 is 0 Å². The van der Waals surface area contributed by atoms with Crippen LogP contribution in [0.5, 0.6) is 17.2 Å². The highest BCUT2D eigenvalue weighted by atomic mass is 16.5. The lowest BCUT2D eigenvalue weighted by Crippen LogP contribution is -2.15. The fourth-order valence-corrected chi connectivity index (χ4v) is 2.84. The Hall–Kier alpha value is -2.69. The molecule has 5 nitrogen and oxygen atoms in total. The lowest BCUT2D eigenvalue weighted by atomic mass is 10.0. The van der Waals surface area contributed by atoms with Crippen molar-refractivity contribution < 1.29 is 19.0 Å². The summed E-state index contributed by atoms with van der Waals surface area (Å²) in [4.78, 5) is 12.8. The van der Waals surface area contributed by atoms with Gasteiger partial charge >= 0.3 is 0 Å². The molecule has 0 spiro atoms. The van der Waals surface area contributed by atoms with E-state index in [0.717, 1.165) is 22.4 Å². The van der Waals surface area contributed by atoms with Crippen molar-refractivity contribution in [2.45, 2.75) is 20.8 Å². The number of amides is 1. The summed E-state index contributed by atoms with van der Waals surface area (Å²) in [5.74, 6) is 0.984. The van der Waals surface area contributed by atoms with Crippen molar-refractivity contribution in [2.24, 2.45) is 0 Å². The van der Waals surface area contributed by atoms with Crippen molar-refractivity contribution in [1.82, 2.24) is 0 Å². The maximum absolute atomic E-state index is 12.8. The third kappa shape index (κ3) is 3.30. The molecule has 0 unspecified atom stereocenters. The molecule has 0 aromatic heterocycles. The van der Waals surface area contributed by atoms with Crippen LogP contribution in [0.25, 0.3) is 0 Å². The smallest absolute Gasteiger partial charge is 0.259 e. The first-order valence-corrected chi connectivity index (χ1v) is 7.61. The first-order valence-electron chi connectivity index (χ1n) is 7.61. The monoisotopic (exact) mass is 329 g/mol. The largest absolute Gasteiger partial charge is 0.493 e. The lowest BCUT2D eigenvalue weighted by molar-refractivity contribution is 0.102. The molecule has 0 atom stereocenters. The van der Waals surface area contributed by atoms with Gasteiger partial charge in [-0.25, -0.2) is 0 Å². The van der Waals surface area contributed by atoms with E-state index in [0.29, 0.717) is 22.8 Å². The highest BCUT2D eigenvalue weighted by Crippen LogP contribution is 2.40. The molecule has 0 bridgehead atoms. The Labute approximate surface area is 142 Å². The first kappa shape index (κ1) is 17.7. The molecule has 5 heteroatoms. The van der Waals surface area contributed by atoms with Gasteiger partial charge in [-0.3, -0.25) is 4.79 Å². The van der Waals surface area contributed by atoms with Crippen molar-refractivity contribution in [3.8, 4) is 17.2 Å². The van der Waals surface area contributed by atoms with E-state index in [9.17, 15) is 4.79 Å². The van der Waals surface area contributed by atoms with E-state index in [1.165, 1.54) is 21.3 Å². The molecular formula is C19H23NO4. The van der Waals surface area contributed by atoms with E-state index in [1.54, 1.807) is 12.1 Å². The normalized spacial score (nSPS) is 10.2. The predicted molar refractivity (Wildman–Crippen MR) is 94.7 cm³/mol. The zero-order valence-electron chi connectivity index (χ0n) is 14.9. The molecule has 24 heavy (non-hydrogen) atoms. The van der Waals surface area contributed by atoms with E-state index < -0.39 is 0 Å². The molecule has 0 radical (unpaired) electrons. The molecular weight excluding hydrogens is 306 g/mol. The molecule has 2 aromatic carbocycles. The zero-order chi connectivity index (χ0) is 17.9. The van der Waals surface area contributed by atoms with Crippen LogP contribution in [0.15, 0.2) is 24.3 Å². The van der Waals surface area contributed by atoms with Crippen LogP contribution in [0.2, 0.25) is 0 Å². The van der Waals surface area contributed by atoms with Crippen LogP contribution in [-0.4, -0.2) is 27.2 Å². The van der Waals surface area contributed by atoms with Crippen LogP contribution >= 0.6 is 0 Å². The van der Waals surface area contributed by atoms with Crippen molar-refractivity contribution in [2.75, 3.05) is 26.6 Å². The van der Waals surface area contributed by atoms with Crippen LogP contribution in [0.3, 0.4) is 0 Å². The molecule has 128 valence electrons. The molecule has 1 amide bonds. The number of aryl methyl sites for hydroxylation is 3. The number of anilines is 1. The second-order valence-electron chi connectivity index (χ2n) is 5.61. The average Bonchev–Trinajstić information content (AvgIpc) is 2.56. The molecule has 1 N–H and O–H groups in total. The summed E-state index contributed by atoms with van der Waals surface area (Å²) in [5.41, 5.74) is 4.38. The number of ether oxygens (including phenoxy) is 3. The van der Waals surface area contributed by atoms with Gasteiger partial charge in [-0.05, 0) is 44.0 Å². The number of rotatable bonds is 5. The van der Waals surface area contributed by atoms with Crippen molar-refractivity contribution in [1.29, 1.82) is 0 Å². The van der Waals surface area contributed by atoms with Gasteiger partial charge in [-0.15, -0.1) is 0 Å². The number of hydrogen-bond donors (Lipinski definition) is 1. The second-order valence-corrected chi connectivity index (χ2v) is 5.61. The Morgan fingerprint density at radius 2 is 1.46 bits per heavy atom. The fraction of sp³-hybridized carbons (Fsp3) is 0.316. The fourth-order valence-electron chi connectivity index (χ4n) is 2.84. The van der Waals surface area contributed by atoms with Gasteiger partial charge in [0.05, 0.1) is 26.9 Å². The Kier molecular flexibility index (Phi) is 5.34. The van der Waals surface area contributed by atoms with Gasteiger partial charge in [-0.1, -0.05) is 17.7 Å². The van der Waals surface area contributed by atoms with Crippen molar-refractivity contribution >= 4 is 11.6 Å². The molecule has 2 aromatic rings. The van der Waals surface area contributed by atoms with Crippen molar-refractivity contribution in [3.05, 3.63) is 46.5 Å². The van der Waals surface area contributed by atoms with E-state index in [2.05, 4.69) is 5.32 Å². The van der Waals surface area contributed by atoms with E-state index in [-0.39, 0.29) is 5.91 Å². The van der Waals surface area contributed by atoms with Crippen LogP contribution in [0.1, 0.15) is 27.0 Å². The molecule has 0 aliphatic heterocycles. The minimum absolute atomic E-state index is 0.261. The molecule has 2 rings (SSSR count). The van der Waals surface area contributed by atoms with Crippen LogP contribution < -0.4 is 19.5 Å². The number of nitrogens with one attached hydrogen (secondary N) is 1. The highest BCUT2D eigenvalue weighted by molar-refractivity contribution is 6.07.